The van der Waals surface area contributed by atoms with E-state index in [0.717, 1.165) is 25.9 Å². The zero-order chi connectivity index (χ0) is 12.9. The fourth-order valence-corrected chi connectivity index (χ4v) is 1.83. The first kappa shape index (κ1) is 14.0. The maximum Gasteiger partial charge on any atom is 0.310 e. The van der Waals surface area contributed by atoms with Gasteiger partial charge in [0.25, 0.3) is 0 Å². The van der Waals surface area contributed by atoms with Gasteiger partial charge in [0, 0.05) is 13.0 Å². The topological polar surface area (TPSA) is 78.4 Å². The average molecular weight is 242 g/mol. The van der Waals surface area contributed by atoms with Crippen molar-refractivity contribution in [2.75, 3.05) is 19.6 Å². The van der Waals surface area contributed by atoms with Crippen LogP contribution in [0.5, 0.6) is 0 Å². The zero-order valence-corrected chi connectivity index (χ0v) is 10.6. The molecule has 5 heteroatoms. The Morgan fingerprint density at radius 1 is 1.47 bits per heavy atom. The van der Waals surface area contributed by atoms with E-state index >= 15 is 0 Å². The van der Waals surface area contributed by atoms with Gasteiger partial charge in [-0.1, -0.05) is 0 Å². The zero-order valence-electron chi connectivity index (χ0n) is 10.6. The predicted molar refractivity (Wildman–Crippen MR) is 64.6 cm³/mol. The highest BCUT2D eigenvalue weighted by molar-refractivity contribution is 5.78. The van der Waals surface area contributed by atoms with Crippen molar-refractivity contribution < 1.29 is 14.7 Å². The van der Waals surface area contributed by atoms with E-state index in [1.54, 1.807) is 13.8 Å². The summed E-state index contributed by atoms with van der Waals surface area (Å²) in [5.74, 6) is -0.554. The highest BCUT2D eigenvalue weighted by Crippen LogP contribution is 2.15. The van der Waals surface area contributed by atoms with E-state index in [9.17, 15) is 9.59 Å². The third-order valence-electron chi connectivity index (χ3n) is 3.18. The van der Waals surface area contributed by atoms with Crippen LogP contribution >= 0.6 is 0 Å². The summed E-state index contributed by atoms with van der Waals surface area (Å²) in [7, 11) is 0. The molecule has 0 bridgehead atoms. The normalized spacial score (nSPS) is 20.9. The molecule has 1 saturated heterocycles. The van der Waals surface area contributed by atoms with E-state index in [1.165, 1.54) is 0 Å². The molecular weight excluding hydrogens is 220 g/mol. The lowest BCUT2D eigenvalue weighted by Gasteiger charge is -2.23. The van der Waals surface area contributed by atoms with Gasteiger partial charge in [0.2, 0.25) is 5.91 Å². The van der Waals surface area contributed by atoms with Crippen molar-refractivity contribution in [3.63, 3.8) is 0 Å². The third kappa shape index (κ3) is 4.73. The summed E-state index contributed by atoms with van der Waals surface area (Å²) < 4.78 is 0. The Hall–Kier alpha value is -1.10. The lowest BCUT2D eigenvalue weighted by atomic mass is 9.93. The Bertz CT molecular complexity index is 283. The van der Waals surface area contributed by atoms with Crippen LogP contribution in [0.3, 0.4) is 0 Å². The average Bonchev–Trinajstić information content (AvgIpc) is 2.28. The molecule has 1 aliphatic rings. The molecule has 1 rings (SSSR count). The molecule has 1 atom stereocenters. The molecule has 98 valence electrons. The number of piperidine rings is 1. The smallest absolute Gasteiger partial charge is 0.310 e. The van der Waals surface area contributed by atoms with Gasteiger partial charge < -0.3 is 15.7 Å². The van der Waals surface area contributed by atoms with Gasteiger partial charge in [0.05, 0.1) is 5.41 Å². The SMILES string of the molecule is CC(C)(CNC(=O)CC1CCCNC1)C(=O)O. The molecule has 0 saturated carbocycles. The number of amides is 1. The van der Waals surface area contributed by atoms with E-state index in [2.05, 4.69) is 10.6 Å². The monoisotopic (exact) mass is 242 g/mol. The van der Waals surface area contributed by atoms with Crippen molar-refractivity contribution in [2.45, 2.75) is 33.1 Å². The molecule has 1 unspecified atom stereocenters. The lowest BCUT2D eigenvalue weighted by molar-refractivity contribution is -0.146. The highest BCUT2D eigenvalue weighted by Gasteiger charge is 2.28. The third-order valence-corrected chi connectivity index (χ3v) is 3.18. The molecule has 0 radical (unpaired) electrons. The van der Waals surface area contributed by atoms with E-state index < -0.39 is 11.4 Å². The van der Waals surface area contributed by atoms with Gasteiger partial charge in [-0.25, -0.2) is 0 Å². The second-order valence-electron chi connectivity index (χ2n) is 5.38. The standard InChI is InChI=1S/C12H22N2O3/c1-12(2,11(16)17)8-14-10(15)6-9-4-3-5-13-7-9/h9,13H,3-8H2,1-2H3,(H,14,15)(H,16,17). The van der Waals surface area contributed by atoms with Crippen LogP contribution in [0, 0.1) is 11.3 Å². The molecule has 0 aromatic carbocycles. The number of carbonyl (C=O) groups is 2. The van der Waals surface area contributed by atoms with Crippen LogP contribution in [0.25, 0.3) is 0 Å². The maximum atomic E-state index is 11.6. The number of carboxylic acids is 1. The minimum absolute atomic E-state index is 0.0481. The molecule has 1 aliphatic heterocycles. The molecule has 0 spiro atoms. The minimum Gasteiger partial charge on any atom is -0.481 e. The van der Waals surface area contributed by atoms with Crippen molar-refractivity contribution >= 4 is 11.9 Å². The number of carboxylic acid groups (broad SMARTS) is 1. The fourth-order valence-electron chi connectivity index (χ4n) is 1.83. The summed E-state index contributed by atoms with van der Waals surface area (Å²) in [5, 5.41) is 14.9. The van der Waals surface area contributed by atoms with Crippen LogP contribution in [0.1, 0.15) is 33.1 Å². The van der Waals surface area contributed by atoms with Crippen molar-refractivity contribution in [3.8, 4) is 0 Å². The number of nitrogens with one attached hydrogen (secondary N) is 2. The molecule has 5 nitrogen and oxygen atoms in total. The van der Waals surface area contributed by atoms with Crippen LogP contribution in [0.4, 0.5) is 0 Å². The predicted octanol–water partition coefficient (Wildman–Crippen LogP) is 0.603. The summed E-state index contributed by atoms with van der Waals surface area (Å²) in [6.07, 6.45) is 2.67. The summed E-state index contributed by atoms with van der Waals surface area (Å²) in [6, 6.07) is 0. The first-order valence-corrected chi connectivity index (χ1v) is 6.12. The lowest BCUT2D eigenvalue weighted by Crippen LogP contribution is -2.40. The molecule has 0 aliphatic carbocycles. The van der Waals surface area contributed by atoms with Gasteiger partial charge in [-0.2, -0.15) is 0 Å². The Balaban J connectivity index is 2.27. The number of carbonyl (C=O) groups excluding carboxylic acids is 1. The fraction of sp³-hybridized carbons (Fsp3) is 0.833. The molecule has 0 aromatic rings. The van der Waals surface area contributed by atoms with Crippen LogP contribution in [-0.2, 0) is 9.59 Å². The first-order valence-electron chi connectivity index (χ1n) is 6.12. The number of hydrogen-bond donors (Lipinski definition) is 3. The number of aliphatic carboxylic acids is 1. The minimum atomic E-state index is -0.902. The second-order valence-corrected chi connectivity index (χ2v) is 5.38. The Morgan fingerprint density at radius 2 is 2.18 bits per heavy atom. The molecule has 1 fully saturated rings. The molecule has 0 aromatic heterocycles. The van der Waals surface area contributed by atoms with Crippen LogP contribution in [0.2, 0.25) is 0 Å². The Morgan fingerprint density at radius 3 is 2.71 bits per heavy atom. The van der Waals surface area contributed by atoms with Gasteiger partial charge in [0.15, 0.2) is 0 Å². The largest absolute Gasteiger partial charge is 0.481 e. The van der Waals surface area contributed by atoms with Gasteiger partial charge in [0.1, 0.15) is 0 Å². The van der Waals surface area contributed by atoms with Gasteiger partial charge in [-0.15, -0.1) is 0 Å². The van der Waals surface area contributed by atoms with E-state index in [0.29, 0.717) is 12.3 Å². The summed E-state index contributed by atoms with van der Waals surface area (Å²) in [4.78, 5) is 22.5. The summed E-state index contributed by atoms with van der Waals surface area (Å²) in [5.41, 5.74) is -0.902. The number of hydrogen-bond acceptors (Lipinski definition) is 3. The van der Waals surface area contributed by atoms with Crippen molar-refractivity contribution in [1.82, 2.24) is 10.6 Å². The first-order chi connectivity index (χ1) is 7.92. The van der Waals surface area contributed by atoms with Crippen molar-refractivity contribution in [2.24, 2.45) is 11.3 Å². The van der Waals surface area contributed by atoms with E-state index in [4.69, 9.17) is 5.11 Å². The van der Waals surface area contributed by atoms with Crippen LogP contribution in [-0.4, -0.2) is 36.6 Å². The van der Waals surface area contributed by atoms with E-state index in [1.807, 2.05) is 0 Å². The van der Waals surface area contributed by atoms with Crippen molar-refractivity contribution in [1.29, 1.82) is 0 Å². The van der Waals surface area contributed by atoms with Gasteiger partial charge in [-0.05, 0) is 45.7 Å². The molecular formula is C12H22N2O3. The maximum absolute atomic E-state index is 11.6. The van der Waals surface area contributed by atoms with E-state index in [-0.39, 0.29) is 12.5 Å². The summed E-state index contributed by atoms with van der Waals surface area (Å²) >= 11 is 0. The quantitative estimate of drug-likeness (QED) is 0.660. The van der Waals surface area contributed by atoms with Crippen LogP contribution < -0.4 is 10.6 Å². The van der Waals surface area contributed by atoms with Gasteiger partial charge in [-0.3, -0.25) is 9.59 Å². The highest BCUT2D eigenvalue weighted by atomic mass is 16.4. The van der Waals surface area contributed by atoms with Crippen LogP contribution in [0.15, 0.2) is 0 Å². The molecule has 1 amide bonds. The van der Waals surface area contributed by atoms with Crippen molar-refractivity contribution in [3.05, 3.63) is 0 Å². The number of rotatable bonds is 5. The molecule has 1 heterocycles. The Labute approximate surface area is 102 Å². The Kier molecular flexibility index (Phi) is 4.93. The second kappa shape index (κ2) is 6.00. The summed E-state index contributed by atoms with van der Waals surface area (Å²) in [6.45, 7) is 5.32. The molecule has 17 heavy (non-hydrogen) atoms. The van der Waals surface area contributed by atoms with Gasteiger partial charge >= 0.3 is 5.97 Å². The molecule has 3 N–H and O–H groups in total.